The standard InChI is InChI=1S/C12H15BrClNOS/c13-11-5-4-10(17-11)12(16)15-8-2-1-3-9(15)6-7-14/h4-5,9H,1-3,6-8H2. The lowest BCUT2D eigenvalue weighted by Crippen LogP contribution is -2.43. The predicted molar refractivity (Wildman–Crippen MR) is 76.0 cm³/mol. The Balaban J connectivity index is 2.10. The van der Waals surface area contributed by atoms with Gasteiger partial charge in [0, 0.05) is 18.5 Å². The maximum atomic E-state index is 12.4. The van der Waals surface area contributed by atoms with Gasteiger partial charge in [-0.1, -0.05) is 0 Å². The zero-order chi connectivity index (χ0) is 12.3. The van der Waals surface area contributed by atoms with Gasteiger partial charge in [0.15, 0.2) is 0 Å². The Bertz CT molecular complexity index is 394. The summed E-state index contributed by atoms with van der Waals surface area (Å²) >= 11 is 10.7. The number of nitrogens with zero attached hydrogens (tertiary/aromatic N) is 1. The van der Waals surface area contributed by atoms with Crippen molar-refractivity contribution in [3.63, 3.8) is 0 Å². The number of alkyl halides is 1. The van der Waals surface area contributed by atoms with Crippen molar-refractivity contribution in [2.75, 3.05) is 12.4 Å². The number of carbonyl (C=O) groups is 1. The summed E-state index contributed by atoms with van der Waals surface area (Å²) in [5.74, 6) is 0.790. The molecular weight excluding hydrogens is 322 g/mol. The average Bonchev–Trinajstić information content (AvgIpc) is 2.76. The Morgan fingerprint density at radius 1 is 1.53 bits per heavy atom. The first-order chi connectivity index (χ1) is 8.22. The van der Waals surface area contributed by atoms with E-state index in [0.717, 1.165) is 34.5 Å². The molecule has 94 valence electrons. The molecule has 1 fully saturated rings. The van der Waals surface area contributed by atoms with E-state index in [9.17, 15) is 4.79 Å². The second-order valence-electron chi connectivity index (χ2n) is 4.23. The molecule has 1 aliphatic rings. The molecule has 1 amide bonds. The second-order valence-corrected chi connectivity index (χ2v) is 7.07. The van der Waals surface area contributed by atoms with E-state index in [1.165, 1.54) is 17.8 Å². The van der Waals surface area contributed by atoms with Crippen molar-refractivity contribution in [2.24, 2.45) is 0 Å². The zero-order valence-electron chi connectivity index (χ0n) is 9.49. The average molecular weight is 337 g/mol. The molecule has 0 spiro atoms. The number of carbonyl (C=O) groups excluding carboxylic acids is 1. The first-order valence-electron chi connectivity index (χ1n) is 5.84. The molecule has 1 aromatic heterocycles. The molecule has 2 heterocycles. The third-order valence-electron chi connectivity index (χ3n) is 3.11. The first-order valence-corrected chi connectivity index (χ1v) is 7.99. The van der Waals surface area contributed by atoms with Crippen molar-refractivity contribution in [2.45, 2.75) is 31.7 Å². The Morgan fingerprint density at radius 2 is 2.35 bits per heavy atom. The summed E-state index contributed by atoms with van der Waals surface area (Å²) in [7, 11) is 0. The highest BCUT2D eigenvalue weighted by atomic mass is 79.9. The van der Waals surface area contributed by atoms with Crippen LogP contribution in [-0.4, -0.2) is 29.3 Å². The van der Waals surface area contributed by atoms with Gasteiger partial charge in [0.2, 0.25) is 0 Å². The molecule has 0 saturated carbocycles. The minimum atomic E-state index is 0.163. The summed E-state index contributed by atoms with van der Waals surface area (Å²) < 4.78 is 1.01. The molecule has 1 aliphatic heterocycles. The van der Waals surface area contributed by atoms with Gasteiger partial charge in [-0.2, -0.15) is 0 Å². The second kappa shape index (κ2) is 6.21. The molecular formula is C12H15BrClNOS. The highest BCUT2D eigenvalue weighted by Crippen LogP contribution is 2.27. The van der Waals surface area contributed by atoms with Crippen molar-refractivity contribution in [1.29, 1.82) is 0 Å². The molecule has 1 unspecified atom stereocenters. The summed E-state index contributed by atoms with van der Waals surface area (Å²) in [6, 6.07) is 4.15. The minimum Gasteiger partial charge on any atom is -0.335 e. The Morgan fingerprint density at radius 3 is 3.00 bits per heavy atom. The fourth-order valence-corrected chi connectivity index (χ4v) is 3.86. The fraction of sp³-hybridized carbons (Fsp3) is 0.583. The maximum Gasteiger partial charge on any atom is 0.264 e. The lowest BCUT2D eigenvalue weighted by molar-refractivity contribution is 0.0614. The Hall–Kier alpha value is -0.0600. The van der Waals surface area contributed by atoms with Crippen LogP contribution in [0.5, 0.6) is 0 Å². The molecule has 1 atom stereocenters. The third-order valence-corrected chi connectivity index (χ3v) is 4.94. The van der Waals surface area contributed by atoms with Crippen LogP contribution in [0.1, 0.15) is 35.4 Å². The molecule has 5 heteroatoms. The van der Waals surface area contributed by atoms with Crippen LogP contribution in [0, 0.1) is 0 Å². The number of likely N-dealkylation sites (tertiary alicyclic amines) is 1. The molecule has 0 aliphatic carbocycles. The van der Waals surface area contributed by atoms with Gasteiger partial charge >= 0.3 is 0 Å². The molecule has 0 radical (unpaired) electrons. The Kier molecular flexibility index (Phi) is 4.88. The molecule has 2 nitrogen and oxygen atoms in total. The molecule has 0 N–H and O–H groups in total. The van der Waals surface area contributed by atoms with Crippen LogP contribution in [0.3, 0.4) is 0 Å². The molecule has 1 saturated heterocycles. The Labute approximate surface area is 119 Å². The van der Waals surface area contributed by atoms with Gasteiger partial charge in [-0.05, 0) is 53.7 Å². The van der Waals surface area contributed by atoms with E-state index in [4.69, 9.17) is 11.6 Å². The topological polar surface area (TPSA) is 20.3 Å². The van der Waals surface area contributed by atoms with Crippen molar-refractivity contribution >= 4 is 44.8 Å². The van der Waals surface area contributed by atoms with Crippen molar-refractivity contribution in [1.82, 2.24) is 4.90 Å². The SMILES string of the molecule is O=C(c1ccc(Br)s1)N1CCCCC1CCCl. The largest absolute Gasteiger partial charge is 0.335 e. The van der Waals surface area contributed by atoms with Crippen LogP contribution in [0.25, 0.3) is 0 Å². The van der Waals surface area contributed by atoms with Crippen LogP contribution in [-0.2, 0) is 0 Å². The molecule has 1 aromatic rings. The van der Waals surface area contributed by atoms with Gasteiger partial charge in [-0.3, -0.25) is 4.79 Å². The van der Waals surface area contributed by atoms with Crippen LogP contribution < -0.4 is 0 Å². The van der Waals surface area contributed by atoms with Crippen LogP contribution in [0.2, 0.25) is 0 Å². The van der Waals surface area contributed by atoms with Gasteiger partial charge in [0.1, 0.15) is 0 Å². The number of amides is 1. The quantitative estimate of drug-likeness (QED) is 0.760. The van der Waals surface area contributed by atoms with Gasteiger partial charge < -0.3 is 4.90 Å². The van der Waals surface area contributed by atoms with Gasteiger partial charge in [0.25, 0.3) is 5.91 Å². The van der Waals surface area contributed by atoms with Crippen LogP contribution in [0.15, 0.2) is 15.9 Å². The number of hydrogen-bond acceptors (Lipinski definition) is 2. The van der Waals surface area contributed by atoms with Gasteiger partial charge in [-0.25, -0.2) is 0 Å². The number of halogens is 2. The van der Waals surface area contributed by atoms with E-state index in [1.54, 1.807) is 0 Å². The first kappa shape index (κ1) is 13.4. The summed E-state index contributed by atoms with van der Waals surface area (Å²) in [5, 5.41) is 0. The van der Waals surface area contributed by atoms with Crippen molar-refractivity contribution in [3.05, 3.63) is 20.8 Å². The number of hydrogen-bond donors (Lipinski definition) is 0. The monoisotopic (exact) mass is 335 g/mol. The zero-order valence-corrected chi connectivity index (χ0v) is 12.7. The summed E-state index contributed by atoms with van der Waals surface area (Å²) in [6.07, 6.45) is 4.31. The summed E-state index contributed by atoms with van der Waals surface area (Å²) in [6.45, 7) is 0.871. The summed E-state index contributed by atoms with van der Waals surface area (Å²) in [4.78, 5) is 15.2. The fourth-order valence-electron chi connectivity index (χ4n) is 2.26. The number of rotatable bonds is 3. The predicted octanol–water partition coefficient (Wildman–Crippen LogP) is 4.13. The van der Waals surface area contributed by atoms with E-state index in [2.05, 4.69) is 15.9 Å². The van der Waals surface area contributed by atoms with Crippen molar-refractivity contribution < 1.29 is 4.79 Å². The van der Waals surface area contributed by atoms with Crippen molar-refractivity contribution in [3.8, 4) is 0 Å². The highest BCUT2D eigenvalue weighted by molar-refractivity contribution is 9.11. The normalized spacial score (nSPS) is 20.6. The smallest absolute Gasteiger partial charge is 0.264 e. The van der Waals surface area contributed by atoms with E-state index >= 15 is 0 Å². The number of thiophene rings is 1. The molecule has 2 rings (SSSR count). The van der Waals surface area contributed by atoms with Gasteiger partial charge in [0.05, 0.1) is 8.66 Å². The lowest BCUT2D eigenvalue weighted by Gasteiger charge is -2.35. The number of piperidine rings is 1. The molecule has 0 bridgehead atoms. The molecule has 17 heavy (non-hydrogen) atoms. The summed E-state index contributed by atoms with van der Waals surface area (Å²) in [5.41, 5.74) is 0. The molecule has 0 aromatic carbocycles. The van der Waals surface area contributed by atoms with Crippen LogP contribution in [0.4, 0.5) is 0 Å². The van der Waals surface area contributed by atoms with E-state index in [0.29, 0.717) is 11.9 Å². The van der Waals surface area contributed by atoms with E-state index < -0.39 is 0 Å². The van der Waals surface area contributed by atoms with E-state index in [-0.39, 0.29) is 5.91 Å². The van der Waals surface area contributed by atoms with Crippen LogP contribution >= 0.6 is 38.9 Å². The maximum absolute atomic E-state index is 12.4. The minimum absolute atomic E-state index is 0.163. The van der Waals surface area contributed by atoms with E-state index in [1.807, 2.05) is 17.0 Å². The third kappa shape index (κ3) is 3.24. The lowest BCUT2D eigenvalue weighted by atomic mass is 10.00. The highest BCUT2D eigenvalue weighted by Gasteiger charge is 2.27. The van der Waals surface area contributed by atoms with Gasteiger partial charge in [-0.15, -0.1) is 22.9 Å².